The number of oxazole rings is 1. The lowest BCUT2D eigenvalue weighted by molar-refractivity contribution is -0.146. The number of likely N-dealkylation sites (tertiary alicyclic amines) is 1. The van der Waals surface area contributed by atoms with Gasteiger partial charge in [0.1, 0.15) is 11.8 Å². The van der Waals surface area contributed by atoms with Gasteiger partial charge in [-0.3, -0.25) is 9.69 Å². The zero-order chi connectivity index (χ0) is 14.8. The number of hydrogen-bond donors (Lipinski definition) is 0. The Kier molecular flexibility index (Phi) is 4.29. The van der Waals surface area contributed by atoms with Crippen LogP contribution < -0.4 is 0 Å². The van der Waals surface area contributed by atoms with Crippen LogP contribution in [0.3, 0.4) is 0 Å². The zero-order valence-electron chi connectivity index (χ0n) is 12.9. The lowest BCUT2D eigenvalue weighted by Crippen LogP contribution is -2.42. The van der Waals surface area contributed by atoms with E-state index in [1.54, 1.807) is 6.20 Å². The number of rotatable bonds is 4. The van der Waals surface area contributed by atoms with E-state index in [1.165, 1.54) is 32.8 Å². The van der Waals surface area contributed by atoms with Crippen molar-refractivity contribution in [2.75, 3.05) is 7.11 Å². The van der Waals surface area contributed by atoms with Crippen LogP contribution in [0, 0.1) is 5.92 Å². The highest BCUT2D eigenvalue weighted by Crippen LogP contribution is 2.40. The SMILES string of the molecule is CCc1cnc(CN2[C@H](C(=O)OC)C[C@@H]3CCCC[C@@H]32)o1. The van der Waals surface area contributed by atoms with Gasteiger partial charge in [0.2, 0.25) is 5.89 Å². The molecule has 5 nitrogen and oxygen atoms in total. The molecule has 2 fully saturated rings. The predicted molar refractivity (Wildman–Crippen MR) is 77.6 cm³/mol. The summed E-state index contributed by atoms with van der Waals surface area (Å²) in [5, 5.41) is 0. The van der Waals surface area contributed by atoms with Crippen molar-refractivity contribution in [1.29, 1.82) is 0 Å². The van der Waals surface area contributed by atoms with Crippen molar-refractivity contribution in [2.45, 2.75) is 64.1 Å². The second-order valence-electron chi connectivity index (χ2n) is 6.13. The fourth-order valence-electron chi connectivity index (χ4n) is 3.89. The van der Waals surface area contributed by atoms with Crippen molar-refractivity contribution >= 4 is 5.97 Å². The summed E-state index contributed by atoms with van der Waals surface area (Å²) in [5.74, 6) is 2.11. The number of esters is 1. The smallest absolute Gasteiger partial charge is 0.323 e. The Bertz CT molecular complexity index is 499. The number of nitrogens with zero attached hydrogens (tertiary/aromatic N) is 2. The molecule has 1 aliphatic carbocycles. The van der Waals surface area contributed by atoms with E-state index in [9.17, 15) is 4.79 Å². The van der Waals surface area contributed by atoms with Crippen LogP contribution in [0.5, 0.6) is 0 Å². The van der Waals surface area contributed by atoms with E-state index in [-0.39, 0.29) is 12.0 Å². The fourth-order valence-corrected chi connectivity index (χ4v) is 3.89. The van der Waals surface area contributed by atoms with Crippen LogP contribution in [-0.2, 0) is 22.5 Å². The minimum Gasteiger partial charge on any atom is -0.468 e. The molecule has 1 aliphatic heterocycles. The molecule has 1 aromatic heterocycles. The third-order valence-corrected chi connectivity index (χ3v) is 4.96. The van der Waals surface area contributed by atoms with Crippen LogP contribution in [0.15, 0.2) is 10.6 Å². The van der Waals surface area contributed by atoms with E-state index >= 15 is 0 Å². The Morgan fingerprint density at radius 2 is 2.29 bits per heavy atom. The van der Waals surface area contributed by atoms with Crippen molar-refractivity contribution in [3.63, 3.8) is 0 Å². The topological polar surface area (TPSA) is 55.6 Å². The van der Waals surface area contributed by atoms with Gasteiger partial charge < -0.3 is 9.15 Å². The lowest BCUT2D eigenvalue weighted by atomic mass is 9.85. The molecule has 5 heteroatoms. The van der Waals surface area contributed by atoms with Crippen molar-refractivity contribution < 1.29 is 13.9 Å². The third-order valence-electron chi connectivity index (χ3n) is 4.96. The monoisotopic (exact) mass is 292 g/mol. The van der Waals surface area contributed by atoms with Gasteiger partial charge in [-0.2, -0.15) is 0 Å². The van der Waals surface area contributed by atoms with E-state index in [1.807, 2.05) is 0 Å². The van der Waals surface area contributed by atoms with E-state index in [0.717, 1.165) is 18.6 Å². The number of aromatic nitrogens is 1. The molecule has 0 N–H and O–H groups in total. The highest BCUT2D eigenvalue weighted by molar-refractivity contribution is 5.76. The highest BCUT2D eigenvalue weighted by Gasteiger charge is 2.45. The number of methoxy groups -OCH3 is 1. The first-order valence-corrected chi connectivity index (χ1v) is 8.00. The molecule has 0 bridgehead atoms. The van der Waals surface area contributed by atoms with Crippen LogP contribution in [0.1, 0.15) is 50.7 Å². The summed E-state index contributed by atoms with van der Waals surface area (Å²) >= 11 is 0. The molecule has 0 unspecified atom stereocenters. The van der Waals surface area contributed by atoms with Crippen LogP contribution >= 0.6 is 0 Å². The molecule has 0 spiro atoms. The Labute approximate surface area is 125 Å². The van der Waals surface area contributed by atoms with Gasteiger partial charge in [0.25, 0.3) is 0 Å². The molecule has 1 saturated carbocycles. The number of hydrogen-bond acceptors (Lipinski definition) is 5. The second kappa shape index (κ2) is 6.18. The molecule has 0 amide bonds. The number of carbonyl (C=O) groups is 1. The molecule has 116 valence electrons. The zero-order valence-corrected chi connectivity index (χ0v) is 12.9. The van der Waals surface area contributed by atoms with Gasteiger partial charge in [-0.05, 0) is 25.2 Å². The summed E-state index contributed by atoms with van der Waals surface area (Å²) in [6.45, 7) is 2.66. The summed E-state index contributed by atoms with van der Waals surface area (Å²) in [6, 6.07) is 0.333. The Morgan fingerprint density at radius 1 is 1.48 bits per heavy atom. The average Bonchev–Trinajstić information content (AvgIpc) is 3.12. The quantitative estimate of drug-likeness (QED) is 0.798. The molecule has 0 aromatic carbocycles. The molecule has 1 aromatic rings. The maximum atomic E-state index is 12.1. The molecule has 3 rings (SSSR count). The summed E-state index contributed by atoms with van der Waals surface area (Å²) in [5.41, 5.74) is 0. The molecular formula is C16H24N2O3. The summed E-state index contributed by atoms with van der Waals surface area (Å²) < 4.78 is 10.7. The van der Waals surface area contributed by atoms with Gasteiger partial charge in [0.05, 0.1) is 19.9 Å². The van der Waals surface area contributed by atoms with Gasteiger partial charge in [0, 0.05) is 12.5 Å². The van der Waals surface area contributed by atoms with E-state index in [2.05, 4.69) is 16.8 Å². The normalized spacial score (nSPS) is 29.3. The maximum Gasteiger partial charge on any atom is 0.323 e. The molecule has 0 radical (unpaired) electrons. The van der Waals surface area contributed by atoms with Crippen LogP contribution in [-0.4, -0.2) is 35.0 Å². The number of carbonyl (C=O) groups excluding carboxylic acids is 1. The third kappa shape index (κ3) is 2.84. The van der Waals surface area contributed by atoms with Gasteiger partial charge >= 0.3 is 5.97 Å². The summed E-state index contributed by atoms with van der Waals surface area (Å²) in [7, 11) is 1.48. The van der Waals surface area contributed by atoms with Crippen LogP contribution in [0.4, 0.5) is 0 Å². The second-order valence-corrected chi connectivity index (χ2v) is 6.13. The molecular weight excluding hydrogens is 268 g/mol. The highest BCUT2D eigenvalue weighted by atomic mass is 16.5. The largest absolute Gasteiger partial charge is 0.468 e. The minimum absolute atomic E-state index is 0.119. The summed E-state index contributed by atoms with van der Waals surface area (Å²) in [4.78, 5) is 18.7. The summed E-state index contributed by atoms with van der Waals surface area (Å²) in [6.07, 6.45) is 8.47. The molecule has 2 aliphatic rings. The first-order valence-electron chi connectivity index (χ1n) is 8.00. The van der Waals surface area contributed by atoms with E-state index in [4.69, 9.17) is 9.15 Å². The Hall–Kier alpha value is -1.36. The lowest BCUT2D eigenvalue weighted by Gasteiger charge is -2.32. The van der Waals surface area contributed by atoms with Gasteiger partial charge in [-0.15, -0.1) is 0 Å². The van der Waals surface area contributed by atoms with Crippen molar-refractivity contribution in [3.8, 4) is 0 Å². The van der Waals surface area contributed by atoms with Gasteiger partial charge in [-0.25, -0.2) is 4.98 Å². The van der Waals surface area contributed by atoms with Crippen molar-refractivity contribution in [2.24, 2.45) is 5.92 Å². The first-order chi connectivity index (χ1) is 10.2. The molecule has 3 atom stereocenters. The number of ether oxygens (including phenoxy) is 1. The average molecular weight is 292 g/mol. The van der Waals surface area contributed by atoms with E-state index < -0.39 is 0 Å². The van der Waals surface area contributed by atoms with Crippen LogP contribution in [0.25, 0.3) is 0 Å². The van der Waals surface area contributed by atoms with Crippen molar-refractivity contribution in [3.05, 3.63) is 17.8 Å². The number of fused-ring (bicyclic) bond motifs is 1. The Morgan fingerprint density at radius 3 is 3.00 bits per heavy atom. The molecule has 2 heterocycles. The predicted octanol–water partition coefficient (Wildman–Crippen LogP) is 2.54. The van der Waals surface area contributed by atoms with Gasteiger partial charge in [-0.1, -0.05) is 19.8 Å². The number of aryl methyl sites for hydroxylation is 1. The Balaban J connectivity index is 1.78. The van der Waals surface area contributed by atoms with E-state index in [0.29, 0.717) is 24.4 Å². The van der Waals surface area contributed by atoms with Crippen molar-refractivity contribution in [1.82, 2.24) is 9.88 Å². The molecule has 1 saturated heterocycles. The van der Waals surface area contributed by atoms with Crippen LogP contribution in [0.2, 0.25) is 0 Å². The molecule has 21 heavy (non-hydrogen) atoms. The standard InChI is InChI=1S/C16H24N2O3/c1-3-12-9-17-15(21-12)10-18-13-7-5-4-6-11(13)8-14(18)16(19)20-2/h9,11,13-14H,3-8,10H2,1-2H3/t11-,13-,14-/m0/s1. The fraction of sp³-hybridized carbons (Fsp3) is 0.750. The first kappa shape index (κ1) is 14.6. The van der Waals surface area contributed by atoms with Gasteiger partial charge in [0.15, 0.2) is 0 Å². The maximum absolute atomic E-state index is 12.1. The minimum atomic E-state index is -0.139.